The molecule has 156 valence electrons. The van der Waals surface area contributed by atoms with Gasteiger partial charge in [-0.2, -0.15) is 13.2 Å². The number of para-hydroxylation sites is 1. The first-order chi connectivity index (χ1) is 13.3. The molecule has 1 aliphatic heterocycles. The smallest absolute Gasteiger partial charge is 0.430 e. The Bertz CT molecular complexity index is 649. The first kappa shape index (κ1) is 22.2. The van der Waals surface area contributed by atoms with E-state index >= 15 is 0 Å². The number of benzene rings is 1. The zero-order valence-electron chi connectivity index (χ0n) is 16.0. The van der Waals surface area contributed by atoms with E-state index in [1.54, 1.807) is 30.3 Å². The van der Waals surface area contributed by atoms with Crippen LogP contribution in [0.5, 0.6) is 0 Å². The summed E-state index contributed by atoms with van der Waals surface area (Å²) in [6.07, 6.45) is -5.35. The molecular weight excluding hydrogens is 375 g/mol. The molecule has 2 atom stereocenters. The summed E-state index contributed by atoms with van der Waals surface area (Å²) in [6, 6.07) is 8.43. The van der Waals surface area contributed by atoms with Crippen molar-refractivity contribution in [3.63, 3.8) is 0 Å². The molecular formula is C19H26F3N3O3. The quantitative estimate of drug-likeness (QED) is 0.712. The zero-order valence-corrected chi connectivity index (χ0v) is 16.0. The largest absolute Gasteiger partial charge is 0.490 e. The van der Waals surface area contributed by atoms with E-state index in [0.29, 0.717) is 38.3 Å². The average molecular weight is 401 g/mol. The van der Waals surface area contributed by atoms with Crippen molar-refractivity contribution < 1.29 is 27.5 Å². The third-order valence-electron chi connectivity index (χ3n) is 4.56. The molecule has 2 rings (SSSR count). The van der Waals surface area contributed by atoms with Gasteiger partial charge in [0.25, 0.3) is 5.91 Å². The molecule has 0 radical (unpaired) electrons. The summed E-state index contributed by atoms with van der Waals surface area (Å²) in [5.41, 5.74) is 0.552. The molecule has 1 fully saturated rings. The monoisotopic (exact) mass is 401 g/mol. The van der Waals surface area contributed by atoms with Gasteiger partial charge < -0.3 is 15.0 Å². The molecule has 28 heavy (non-hydrogen) atoms. The van der Waals surface area contributed by atoms with Crippen molar-refractivity contribution in [3.05, 3.63) is 30.3 Å². The maximum absolute atomic E-state index is 13.3. The van der Waals surface area contributed by atoms with Gasteiger partial charge in [-0.1, -0.05) is 31.5 Å². The van der Waals surface area contributed by atoms with Gasteiger partial charge in [0.05, 0.1) is 0 Å². The summed E-state index contributed by atoms with van der Waals surface area (Å²) in [5.74, 6) is -3.04. The number of esters is 1. The summed E-state index contributed by atoms with van der Waals surface area (Å²) in [7, 11) is 0. The molecule has 6 nitrogen and oxygen atoms in total. The van der Waals surface area contributed by atoms with Crippen LogP contribution in [-0.4, -0.2) is 61.4 Å². The molecule has 1 N–H and O–H groups in total. The lowest BCUT2D eigenvalue weighted by Crippen LogP contribution is -2.58. The highest BCUT2D eigenvalue weighted by molar-refractivity contribution is 5.98. The summed E-state index contributed by atoms with van der Waals surface area (Å²) in [4.78, 5) is 27.8. The molecule has 9 heteroatoms. The number of hydrogen-bond acceptors (Lipinski definition) is 5. The van der Waals surface area contributed by atoms with E-state index in [2.05, 4.69) is 10.1 Å². The Balaban J connectivity index is 2.36. The third-order valence-corrected chi connectivity index (χ3v) is 4.56. The van der Waals surface area contributed by atoms with E-state index in [0.717, 1.165) is 6.42 Å². The number of piperazine rings is 1. The summed E-state index contributed by atoms with van der Waals surface area (Å²) in [6.45, 7) is 5.36. The molecule has 1 aliphatic rings. The highest BCUT2D eigenvalue weighted by atomic mass is 19.4. The van der Waals surface area contributed by atoms with Crippen molar-refractivity contribution in [1.29, 1.82) is 0 Å². The number of alkyl halides is 3. The molecule has 0 aromatic heterocycles. The highest BCUT2D eigenvalue weighted by Crippen LogP contribution is 2.24. The summed E-state index contributed by atoms with van der Waals surface area (Å²) >= 11 is 0. The van der Waals surface area contributed by atoms with Crippen LogP contribution in [0.4, 0.5) is 18.9 Å². The van der Waals surface area contributed by atoms with Crippen LogP contribution in [0.1, 0.15) is 26.7 Å². The topological polar surface area (TPSA) is 61.9 Å². The van der Waals surface area contributed by atoms with E-state index < -0.39 is 24.3 Å². The van der Waals surface area contributed by atoms with Gasteiger partial charge in [-0.15, -0.1) is 0 Å². The molecule has 2 unspecified atom stereocenters. The number of carbonyl (C=O) groups excluding carboxylic acids is 2. The number of anilines is 1. The molecule has 1 heterocycles. The van der Waals surface area contributed by atoms with Crippen molar-refractivity contribution in [1.82, 2.24) is 10.2 Å². The van der Waals surface area contributed by atoms with Crippen molar-refractivity contribution in [2.45, 2.75) is 45.1 Å². The van der Waals surface area contributed by atoms with E-state index in [1.165, 1.54) is 9.80 Å². The normalized spacial score (nSPS) is 17.6. The summed E-state index contributed by atoms with van der Waals surface area (Å²) in [5, 5.41) is 3.07. The van der Waals surface area contributed by atoms with Crippen LogP contribution in [0.2, 0.25) is 0 Å². The summed E-state index contributed by atoms with van der Waals surface area (Å²) < 4.78 is 43.1. The second-order valence-corrected chi connectivity index (χ2v) is 6.72. The number of ether oxygens (including phenoxy) is 1. The second-order valence-electron chi connectivity index (χ2n) is 6.72. The first-order valence-electron chi connectivity index (χ1n) is 9.36. The fourth-order valence-corrected chi connectivity index (χ4v) is 3.22. The minimum absolute atomic E-state index is 0.269. The van der Waals surface area contributed by atoms with Crippen LogP contribution in [0, 0.1) is 0 Å². The SMILES string of the molecule is CCCC(C)N(C(=O)C(OC(=O)C(F)(F)F)N1CCNCC1)c1ccccc1. The first-order valence-corrected chi connectivity index (χ1v) is 9.36. The van der Waals surface area contributed by atoms with Crippen LogP contribution in [0.15, 0.2) is 30.3 Å². The maximum Gasteiger partial charge on any atom is 0.490 e. The number of carbonyl (C=O) groups is 2. The Kier molecular flexibility index (Phi) is 7.82. The number of nitrogens with one attached hydrogen (secondary N) is 1. The molecule has 1 amide bonds. The Hall–Kier alpha value is -2.13. The Morgan fingerprint density at radius 2 is 1.82 bits per heavy atom. The van der Waals surface area contributed by atoms with Gasteiger partial charge in [-0.25, -0.2) is 4.79 Å². The number of amides is 1. The Labute approximate surface area is 162 Å². The molecule has 1 saturated heterocycles. The molecule has 1 aromatic carbocycles. The van der Waals surface area contributed by atoms with E-state index in [-0.39, 0.29) is 6.04 Å². The van der Waals surface area contributed by atoms with Gasteiger partial charge >= 0.3 is 12.1 Å². The predicted molar refractivity (Wildman–Crippen MR) is 98.7 cm³/mol. The number of rotatable bonds is 7. The third kappa shape index (κ3) is 5.68. The van der Waals surface area contributed by atoms with Crippen LogP contribution >= 0.6 is 0 Å². The molecule has 1 aromatic rings. The van der Waals surface area contributed by atoms with Crippen LogP contribution in [0.25, 0.3) is 0 Å². The molecule has 0 bridgehead atoms. The minimum atomic E-state index is -5.17. The maximum atomic E-state index is 13.3. The fraction of sp³-hybridized carbons (Fsp3) is 0.579. The van der Waals surface area contributed by atoms with Crippen LogP contribution < -0.4 is 10.2 Å². The number of halogens is 3. The molecule has 0 spiro atoms. The standard InChI is InChI=1S/C19H26F3N3O3/c1-3-7-14(2)25(15-8-5-4-6-9-15)16(26)17(24-12-10-23-11-13-24)28-18(27)19(20,21)22/h4-6,8-9,14,17,23H,3,7,10-13H2,1-2H3. The number of nitrogens with zero attached hydrogens (tertiary/aromatic N) is 2. The fourth-order valence-electron chi connectivity index (χ4n) is 3.22. The van der Waals surface area contributed by atoms with E-state index in [4.69, 9.17) is 0 Å². The van der Waals surface area contributed by atoms with Crippen molar-refractivity contribution in [3.8, 4) is 0 Å². The lowest BCUT2D eigenvalue weighted by atomic mass is 10.1. The molecule has 0 aliphatic carbocycles. The highest BCUT2D eigenvalue weighted by Gasteiger charge is 2.46. The minimum Gasteiger partial charge on any atom is -0.430 e. The van der Waals surface area contributed by atoms with Crippen molar-refractivity contribution in [2.24, 2.45) is 0 Å². The van der Waals surface area contributed by atoms with Crippen molar-refractivity contribution >= 4 is 17.6 Å². The van der Waals surface area contributed by atoms with Crippen LogP contribution in [0.3, 0.4) is 0 Å². The lowest BCUT2D eigenvalue weighted by Gasteiger charge is -2.38. The van der Waals surface area contributed by atoms with Gasteiger partial charge in [0.1, 0.15) is 0 Å². The van der Waals surface area contributed by atoms with Gasteiger partial charge in [0.15, 0.2) is 0 Å². The van der Waals surface area contributed by atoms with Gasteiger partial charge in [0, 0.05) is 37.9 Å². The van der Waals surface area contributed by atoms with Gasteiger partial charge in [-0.3, -0.25) is 9.69 Å². The Morgan fingerprint density at radius 3 is 2.36 bits per heavy atom. The lowest BCUT2D eigenvalue weighted by molar-refractivity contribution is -0.213. The Morgan fingerprint density at radius 1 is 1.21 bits per heavy atom. The molecule has 0 saturated carbocycles. The van der Waals surface area contributed by atoms with E-state index in [9.17, 15) is 22.8 Å². The predicted octanol–water partition coefficient (Wildman–Crippen LogP) is 2.55. The second kappa shape index (κ2) is 9.88. The van der Waals surface area contributed by atoms with E-state index in [1.807, 2.05) is 13.8 Å². The van der Waals surface area contributed by atoms with Crippen LogP contribution in [-0.2, 0) is 14.3 Å². The zero-order chi connectivity index (χ0) is 20.7. The van der Waals surface area contributed by atoms with Crippen molar-refractivity contribution in [2.75, 3.05) is 31.1 Å². The number of hydrogen-bond donors (Lipinski definition) is 1. The average Bonchev–Trinajstić information content (AvgIpc) is 2.67. The van der Waals surface area contributed by atoms with Gasteiger partial charge in [-0.05, 0) is 25.5 Å². The van der Waals surface area contributed by atoms with Gasteiger partial charge in [0.2, 0.25) is 6.23 Å².